The van der Waals surface area contributed by atoms with Gasteiger partial charge in [0, 0.05) is 18.9 Å². The second-order valence-electron chi connectivity index (χ2n) is 5.00. The zero-order chi connectivity index (χ0) is 13.7. The zero-order valence-electron chi connectivity index (χ0n) is 11.8. The molecule has 2 aromatic rings. The van der Waals surface area contributed by atoms with Gasteiger partial charge < -0.3 is 10.3 Å². The summed E-state index contributed by atoms with van der Waals surface area (Å²) in [5.74, 6) is 1.49. The van der Waals surface area contributed by atoms with Crippen LogP contribution in [0, 0.1) is 5.92 Å². The molecule has 1 atom stereocenters. The molecule has 0 aliphatic rings. The summed E-state index contributed by atoms with van der Waals surface area (Å²) in [7, 11) is 0. The van der Waals surface area contributed by atoms with Gasteiger partial charge in [0.05, 0.1) is 6.04 Å². The van der Waals surface area contributed by atoms with Crippen molar-refractivity contribution in [1.82, 2.24) is 9.55 Å². The molecule has 2 N–H and O–H groups in total. The minimum atomic E-state index is 0.0220. The van der Waals surface area contributed by atoms with E-state index >= 15 is 0 Å². The van der Waals surface area contributed by atoms with Crippen LogP contribution in [-0.2, 0) is 6.54 Å². The second kappa shape index (κ2) is 6.53. The van der Waals surface area contributed by atoms with Crippen LogP contribution in [-0.4, -0.2) is 9.55 Å². The topological polar surface area (TPSA) is 43.8 Å². The van der Waals surface area contributed by atoms with Crippen molar-refractivity contribution in [3.8, 4) is 0 Å². The van der Waals surface area contributed by atoms with Gasteiger partial charge in [-0.25, -0.2) is 4.98 Å². The predicted octanol–water partition coefficient (Wildman–Crippen LogP) is 3.37. The van der Waals surface area contributed by atoms with Crippen LogP contribution in [0.2, 0.25) is 0 Å². The van der Waals surface area contributed by atoms with E-state index < -0.39 is 0 Å². The van der Waals surface area contributed by atoms with Crippen LogP contribution in [0.1, 0.15) is 44.1 Å². The maximum atomic E-state index is 6.38. The number of rotatable bonds is 6. The van der Waals surface area contributed by atoms with E-state index in [4.69, 9.17) is 5.73 Å². The molecule has 0 saturated heterocycles. The Kier molecular flexibility index (Phi) is 4.74. The summed E-state index contributed by atoms with van der Waals surface area (Å²) in [4.78, 5) is 4.47. The number of hydrogen-bond acceptors (Lipinski definition) is 2. The number of nitrogens with zero attached hydrogens (tertiary/aromatic N) is 2. The lowest BCUT2D eigenvalue weighted by Crippen LogP contribution is -2.24. The third-order valence-corrected chi connectivity index (χ3v) is 3.80. The maximum Gasteiger partial charge on any atom is 0.126 e. The van der Waals surface area contributed by atoms with Crippen molar-refractivity contribution in [3.05, 3.63) is 54.1 Å². The Morgan fingerprint density at radius 3 is 2.47 bits per heavy atom. The monoisotopic (exact) mass is 257 g/mol. The minimum absolute atomic E-state index is 0.0220. The van der Waals surface area contributed by atoms with E-state index in [9.17, 15) is 0 Å². The van der Waals surface area contributed by atoms with Crippen LogP contribution in [0.5, 0.6) is 0 Å². The molecule has 19 heavy (non-hydrogen) atoms. The van der Waals surface area contributed by atoms with Crippen molar-refractivity contribution >= 4 is 0 Å². The molecule has 1 aromatic heterocycles. The van der Waals surface area contributed by atoms with Crippen molar-refractivity contribution in [1.29, 1.82) is 0 Å². The summed E-state index contributed by atoms with van der Waals surface area (Å²) in [5.41, 5.74) is 7.65. The van der Waals surface area contributed by atoms with Gasteiger partial charge in [-0.05, 0) is 11.5 Å². The number of nitrogens with two attached hydrogens (primary N) is 1. The van der Waals surface area contributed by atoms with E-state index in [-0.39, 0.29) is 6.04 Å². The summed E-state index contributed by atoms with van der Waals surface area (Å²) in [6, 6.07) is 10.4. The van der Waals surface area contributed by atoms with E-state index in [2.05, 4.69) is 47.7 Å². The van der Waals surface area contributed by atoms with Crippen LogP contribution < -0.4 is 5.73 Å². The normalized spacial score (nSPS) is 12.8. The summed E-state index contributed by atoms with van der Waals surface area (Å²) in [6.07, 6.45) is 6.05. The van der Waals surface area contributed by atoms with Gasteiger partial charge in [-0.3, -0.25) is 0 Å². The fourth-order valence-electron chi connectivity index (χ4n) is 2.54. The second-order valence-corrected chi connectivity index (χ2v) is 5.00. The maximum absolute atomic E-state index is 6.38. The van der Waals surface area contributed by atoms with E-state index in [1.807, 2.05) is 18.5 Å². The molecule has 0 amide bonds. The quantitative estimate of drug-likeness (QED) is 0.862. The van der Waals surface area contributed by atoms with Gasteiger partial charge in [-0.15, -0.1) is 0 Å². The highest BCUT2D eigenvalue weighted by Gasteiger charge is 2.20. The number of hydrogen-bond donors (Lipinski definition) is 1. The Labute approximate surface area is 115 Å². The largest absolute Gasteiger partial charge is 0.329 e. The van der Waals surface area contributed by atoms with Crippen LogP contribution in [0.15, 0.2) is 42.7 Å². The lowest BCUT2D eigenvalue weighted by atomic mass is 9.94. The fourth-order valence-corrected chi connectivity index (χ4v) is 2.54. The van der Waals surface area contributed by atoms with Gasteiger partial charge in [0.15, 0.2) is 0 Å². The summed E-state index contributed by atoms with van der Waals surface area (Å²) >= 11 is 0. The van der Waals surface area contributed by atoms with Gasteiger partial charge >= 0.3 is 0 Å². The Morgan fingerprint density at radius 2 is 1.84 bits per heavy atom. The van der Waals surface area contributed by atoms with Crippen molar-refractivity contribution in [2.24, 2.45) is 11.7 Å². The lowest BCUT2D eigenvalue weighted by molar-refractivity contribution is 0.383. The smallest absolute Gasteiger partial charge is 0.126 e. The Morgan fingerprint density at radius 1 is 1.16 bits per heavy atom. The molecule has 3 nitrogen and oxygen atoms in total. The van der Waals surface area contributed by atoms with E-state index in [0.717, 1.165) is 25.2 Å². The first-order valence-corrected chi connectivity index (χ1v) is 7.06. The molecule has 3 heteroatoms. The van der Waals surface area contributed by atoms with Gasteiger partial charge in [0.25, 0.3) is 0 Å². The molecule has 0 bridgehead atoms. The summed E-state index contributed by atoms with van der Waals surface area (Å²) in [5, 5.41) is 0. The molecule has 0 radical (unpaired) electrons. The molecule has 2 rings (SSSR count). The van der Waals surface area contributed by atoms with Gasteiger partial charge in [0.1, 0.15) is 5.82 Å². The molecule has 0 saturated carbocycles. The number of benzene rings is 1. The van der Waals surface area contributed by atoms with Gasteiger partial charge in [-0.1, -0.05) is 57.0 Å². The molecular formula is C16H23N3. The molecular weight excluding hydrogens is 234 g/mol. The summed E-state index contributed by atoms with van der Waals surface area (Å²) < 4.78 is 2.16. The van der Waals surface area contributed by atoms with Crippen molar-refractivity contribution in [2.45, 2.75) is 39.3 Å². The van der Waals surface area contributed by atoms with Gasteiger partial charge in [-0.2, -0.15) is 0 Å². The van der Waals surface area contributed by atoms with Gasteiger partial charge in [0.2, 0.25) is 0 Å². The molecule has 0 spiro atoms. The number of imidazole rings is 1. The van der Waals surface area contributed by atoms with Crippen molar-refractivity contribution in [3.63, 3.8) is 0 Å². The molecule has 1 aromatic carbocycles. The highest BCUT2D eigenvalue weighted by molar-refractivity contribution is 5.16. The van der Waals surface area contributed by atoms with Crippen molar-refractivity contribution < 1.29 is 0 Å². The molecule has 102 valence electrons. The molecule has 0 fully saturated rings. The van der Waals surface area contributed by atoms with E-state index in [1.165, 1.54) is 5.56 Å². The first kappa shape index (κ1) is 13.8. The van der Waals surface area contributed by atoms with Crippen LogP contribution in [0.4, 0.5) is 0 Å². The average Bonchev–Trinajstić information content (AvgIpc) is 2.89. The third-order valence-electron chi connectivity index (χ3n) is 3.80. The van der Waals surface area contributed by atoms with Crippen LogP contribution in [0.25, 0.3) is 0 Å². The van der Waals surface area contributed by atoms with E-state index in [1.54, 1.807) is 0 Å². The van der Waals surface area contributed by atoms with Crippen molar-refractivity contribution in [2.75, 3.05) is 0 Å². The third kappa shape index (κ3) is 3.24. The number of aromatic nitrogens is 2. The molecule has 1 unspecified atom stereocenters. The highest BCUT2D eigenvalue weighted by Crippen LogP contribution is 2.24. The first-order chi connectivity index (χ1) is 9.26. The fraction of sp³-hybridized carbons (Fsp3) is 0.438. The zero-order valence-corrected chi connectivity index (χ0v) is 11.8. The first-order valence-electron chi connectivity index (χ1n) is 7.06. The van der Waals surface area contributed by atoms with Crippen LogP contribution >= 0.6 is 0 Å². The highest BCUT2D eigenvalue weighted by atomic mass is 15.1. The SMILES string of the molecule is CCC(CC)C(N)c1nccn1Cc1ccccc1. The predicted molar refractivity (Wildman–Crippen MR) is 78.8 cm³/mol. The summed E-state index contributed by atoms with van der Waals surface area (Å²) in [6.45, 7) is 5.22. The Hall–Kier alpha value is -1.61. The standard InChI is InChI=1S/C16H23N3/c1-3-14(4-2)15(17)16-18-10-11-19(16)12-13-8-6-5-7-9-13/h5-11,14-15H,3-4,12,17H2,1-2H3. The molecule has 0 aliphatic carbocycles. The Bertz CT molecular complexity index is 486. The molecule has 1 heterocycles. The minimum Gasteiger partial charge on any atom is -0.329 e. The average molecular weight is 257 g/mol. The lowest BCUT2D eigenvalue weighted by Gasteiger charge is -2.21. The van der Waals surface area contributed by atoms with E-state index in [0.29, 0.717) is 5.92 Å². The Balaban J connectivity index is 2.18. The van der Waals surface area contributed by atoms with Crippen LogP contribution in [0.3, 0.4) is 0 Å². The molecule has 0 aliphatic heterocycles.